The molecule has 8 heteroatoms. The molecule has 1 aromatic heterocycles. The molecule has 27 heavy (non-hydrogen) atoms. The van der Waals surface area contributed by atoms with Gasteiger partial charge < -0.3 is 9.73 Å². The fourth-order valence-corrected chi connectivity index (χ4v) is 3.78. The maximum absolute atomic E-state index is 13.2. The van der Waals surface area contributed by atoms with Crippen molar-refractivity contribution in [3.63, 3.8) is 0 Å². The van der Waals surface area contributed by atoms with Gasteiger partial charge in [0.15, 0.2) is 0 Å². The van der Waals surface area contributed by atoms with E-state index in [2.05, 4.69) is 10.0 Å². The zero-order chi connectivity index (χ0) is 19.4. The molecule has 0 saturated heterocycles. The van der Waals surface area contributed by atoms with E-state index in [1.807, 2.05) is 0 Å². The molecule has 140 valence electrons. The van der Waals surface area contributed by atoms with Crippen molar-refractivity contribution in [2.45, 2.75) is 18.4 Å². The molecule has 0 radical (unpaired) electrons. The van der Waals surface area contributed by atoms with Gasteiger partial charge in [0.2, 0.25) is 0 Å². The van der Waals surface area contributed by atoms with Gasteiger partial charge in [0.05, 0.1) is 17.7 Å². The molecule has 0 unspecified atom stereocenters. The van der Waals surface area contributed by atoms with Crippen molar-refractivity contribution in [1.82, 2.24) is 5.32 Å². The Morgan fingerprint density at radius 2 is 1.85 bits per heavy atom. The summed E-state index contributed by atoms with van der Waals surface area (Å²) in [6.45, 7) is 1.77. The summed E-state index contributed by atoms with van der Waals surface area (Å²) in [6.07, 6.45) is 1.52. The van der Waals surface area contributed by atoms with Gasteiger partial charge in [-0.25, -0.2) is 12.8 Å². The summed E-state index contributed by atoms with van der Waals surface area (Å²) in [7, 11) is -3.86. The average Bonchev–Trinajstić information content (AvgIpc) is 3.13. The van der Waals surface area contributed by atoms with Crippen LogP contribution in [0, 0.1) is 12.7 Å². The molecule has 0 atom stereocenters. The van der Waals surface area contributed by atoms with Gasteiger partial charge in [-0.2, -0.15) is 0 Å². The van der Waals surface area contributed by atoms with Crippen LogP contribution in [0.3, 0.4) is 0 Å². The molecule has 0 aliphatic heterocycles. The number of furan rings is 1. The highest BCUT2D eigenvalue weighted by Gasteiger charge is 2.17. The standard InChI is InChI=1S/C19H17FN2O4S/c1-13-11-15(20)6-9-18(13)27(24,25)22-16-7-4-14(5-8-16)19(23)21-12-17-3-2-10-26-17/h2-11,22H,12H2,1H3,(H,21,23). The Morgan fingerprint density at radius 1 is 1.11 bits per heavy atom. The number of halogens is 1. The fraction of sp³-hybridized carbons (Fsp3) is 0.105. The lowest BCUT2D eigenvalue weighted by Crippen LogP contribution is -2.22. The first-order valence-corrected chi connectivity index (χ1v) is 9.53. The zero-order valence-corrected chi connectivity index (χ0v) is 15.2. The van der Waals surface area contributed by atoms with Crippen LogP contribution >= 0.6 is 0 Å². The number of anilines is 1. The molecule has 6 nitrogen and oxygen atoms in total. The van der Waals surface area contributed by atoms with Crippen molar-refractivity contribution in [2.75, 3.05) is 4.72 Å². The minimum atomic E-state index is -3.86. The second-order valence-corrected chi connectivity index (χ2v) is 7.51. The number of hydrogen-bond donors (Lipinski definition) is 2. The second-order valence-electron chi connectivity index (χ2n) is 5.85. The Kier molecular flexibility index (Phi) is 5.27. The molecule has 3 rings (SSSR count). The monoisotopic (exact) mass is 388 g/mol. The molecule has 2 aromatic carbocycles. The van der Waals surface area contributed by atoms with Gasteiger partial charge in [0.25, 0.3) is 15.9 Å². The SMILES string of the molecule is Cc1cc(F)ccc1S(=O)(=O)Nc1ccc(C(=O)NCc2ccco2)cc1. The number of rotatable bonds is 6. The van der Waals surface area contributed by atoms with E-state index in [-0.39, 0.29) is 17.3 Å². The van der Waals surface area contributed by atoms with Crippen molar-refractivity contribution in [1.29, 1.82) is 0 Å². The molecule has 0 spiro atoms. The summed E-state index contributed by atoms with van der Waals surface area (Å²) < 4.78 is 45.7. The largest absolute Gasteiger partial charge is 0.467 e. The quantitative estimate of drug-likeness (QED) is 0.677. The number of hydrogen-bond acceptors (Lipinski definition) is 4. The summed E-state index contributed by atoms with van der Waals surface area (Å²) in [5, 5.41) is 2.70. The van der Waals surface area contributed by atoms with Gasteiger partial charge in [-0.15, -0.1) is 0 Å². The normalized spacial score (nSPS) is 11.2. The van der Waals surface area contributed by atoms with E-state index < -0.39 is 15.8 Å². The average molecular weight is 388 g/mol. The van der Waals surface area contributed by atoms with Crippen molar-refractivity contribution in [3.8, 4) is 0 Å². The van der Waals surface area contributed by atoms with Crippen LogP contribution in [-0.4, -0.2) is 14.3 Å². The van der Waals surface area contributed by atoms with Gasteiger partial charge in [0.1, 0.15) is 11.6 Å². The minimum absolute atomic E-state index is 0.0100. The molecule has 0 bridgehead atoms. The van der Waals surface area contributed by atoms with Crippen LogP contribution in [0.25, 0.3) is 0 Å². The molecule has 1 heterocycles. The maximum Gasteiger partial charge on any atom is 0.262 e. The third-order valence-electron chi connectivity index (χ3n) is 3.83. The van der Waals surface area contributed by atoms with Crippen LogP contribution < -0.4 is 10.0 Å². The van der Waals surface area contributed by atoms with Crippen LogP contribution in [0.1, 0.15) is 21.7 Å². The molecule has 3 aromatic rings. The van der Waals surface area contributed by atoms with Gasteiger partial charge >= 0.3 is 0 Å². The number of carbonyl (C=O) groups excluding carboxylic acids is 1. The van der Waals surface area contributed by atoms with E-state index in [0.717, 1.165) is 12.1 Å². The lowest BCUT2D eigenvalue weighted by atomic mass is 10.2. The highest BCUT2D eigenvalue weighted by atomic mass is 32.2. The lowest BCUT2D eigenvalue weighted by molar-refractivity contribution is 0.0948. The van der Waals surface area contributed by atoms with Crippen molar-refractivity contribution < 1.29 is 22.0 Å². The molecule has 2 N–H and O–H groups in total. The van der Waals surface area contributed by atoms with Gasteiger partial charge in [-0.3, -0.25) is 9.52 Å². The highest BCUT2D eigenvalue weighted by Crippen LogP contribution is 2.20. The van der Waals surface area contributed by atoms with E-state index in [4.69, 9.17) is 4.42 Å². The Morgan fingerprint density at radius 3 is 2.48 bits per heavy atom. The van der Waals surface area contributed by atoms with E-state index in [1.165, 1.54) is 43.5 Å². The number of benzene rings is 2. The number of sulfonamides is 1. The predicted octanol–water partition coefficient (Wildman–Crippen LogP) is 3.46. The molecule has 0 aliphatic carbocycles. The summed E-state index contributed by atoms with van der Waals surface area (Å²) >= 11 is 0. The first-order chi connectivity index (χ1) is 12.8. The van der Waals surface area contributed by atoms with Crippen molar-refractivity contribution in [2.24, 2.45) is 0 Å². The highest BCUT2D eigenvalue weighted by molar-refractivity contribution is 7.92. The third-order valence-corrected chi connectivity index (χ3v) is 5.37. The van der Waals surface area contributed by atoms with Crippen LogP contribution in [0.5, 0.6) is 0 Å². The smallest absolute Gasteiger partial charge is 0.262 e. The van der Waals surface area contributed by atoms with Gasteiger partial charge in [-0.1, -0.05) is 0 Å². The first kappa shape index (κ1) is 18.7. The summed E-state index contributed by atoms with van der Waals surface area (Å²) in [4.78, 5) is 12.1. The molecule has 0 fully saturated rings. The fourth-order valence-electron chi connectivity index (χ4n) is 2.50. The van der Waals surface area contributed by atoms with E-state index in [0.29, 0.717) is 22.6 Å². The number of nitrogens with one attached hydrogen (secondary N) is 2. The van der Waals surface area contributed by atoms with Crippen LogP contribution in [-0.2, 0) is 16.6 Å². The second kappa shape index (κ2) is 7.63. The molecule has 0 saturated carbocycles. The predicted molar refractivity (Wildman–Crippen MR) is 98.3 cm³/mol. The Hall–Kier alpha value is -3.13. The van der Waals surface area contributed by atoms with Gasteiger partial charge in [-0.05, 0) is 67.1 Å². The van der Waals surface area contributed by atoms with Crippen LogP contribution in [0.2, 0.25) is 0 Å². The van der Waals surface area contributed by atoms with Crippen molar-refractivity contribution in [3.05, 3.63) is 83.6 Å². The summed E-state index contributed by atoms with van der Waals surface area (Å²) in [5.74, 6) is -0.186. The maximum atomic E-state index is 13.2. The molecule has 1 amide bonds. The summed E-state index contributed by atoms with van der Waals surface area (Å²) in [5.41, 5.74) is 0.972. The Bertz CT molecular complexity index is 1050. The van der Waals surface area contributed by atoms with E-state index >= 15 is 0 Å². The Labute approximate surface area is 156 Å². The number of amides is 1. The molecule has 0 aliphatic rings. The van der Waals surface area contributed by atoms with Crippen LogP contribution in [0.15, 0.2) is 70.2 Å². The first-order valence-electron chi connectivity index (χ1n) is 8.05. The topological polar surface area (TPSA) is 88.4 Å². The van der Waals surface area contributed by atoms with Crippen molar-refractivity contribution >= 4 is 21.6 Å². The van der Waals surface area contributed by atoms with Crippen LogP contribution in [0.4, 0.5) is 10.1 Å². The van der Waals surface area contributed by atoms with E-state index in [1.54, 1.807) is 12.1 Å². The van der Waals surface area contributed by atoms with Gasteiger partial charge in [0, 0.05) is 11.3 Å². The molecular weight excluding hydrogens is 371 g/mol. The molecular formula is C19H17FN2O4S. The lowest BCUT2D eigenvalue weighted by Gasteiger charge is -2.11. The number of aryl methyl sites for hydroxylation is 1. The third kappa shape index (κ3) is 4.53. The minimum Gasteiger partial charge on any atom is -0.467 e. The Balaban J connectivity index is 1.68. The summed E-state index contributed by atoms with van der Waals surface area (Å²) in [6, 6.07) is 12.9. The van der Waals surface area contributed by atoms with E-state index in [9.17, 15) is 17.6 Å². The zero-order valence-electron chi connectivity index (χ0n) is 14.4. The number of carbonyl (C=O) groups is 1.